The van der Waals surface area contributed by atoms with Crippen molar-refractivity contribution in [2.45, 2.75) is 10.9 Å². The Morgan fingerprint density at radius 2 is 2.07 bits per heavy atom. The average Bonchev–Trinajstić information content (AvgIpc) is 3.11. The third-order valence-electron chi connectivity index (χ3n) is 4.03. The molecule has 1 atom stereocenters. The minimum atomic E-state index is -0.401. The predicted molar refractivity (Wildman–Crippen MR) is 103 cm³/mol. The van der Waals surface area contributed by atoms with Crippen LogP contribution in [0.15, 0.2) is 65.8 Å². The van der Waals surface area contributed by atoms with Crippen molar-refractivity contribution < 1.29 is 13.9 Å². The van der Waals surface area contributed by atoms with Gasteiger partial charge in [-0.05, 0) is 42.0 Å². The van der Waals surface area contributed by atoms with Crippen LogP contribution in [-0.4, -0.2) is 28.3 Å². The fourth-order valence-corrected chi connectivity index (χ4v) is 3.37. The summed E-state index contributed by atoms with van der Waals surface area (Å²) in [6, 6.07) is 13.2. The number of rotatable bonds is 7. The number of aryl methyl sites for hydroxylation is 1. The number of methoxy groups -OCH3 is 1. The Morgan fingerprint density at radius 3 is 2.74 bits per heavy atom. The smallest absolute Gasteiger partial charge is 0.231 e. The Balaban J connectivity index is 1.75. The van der Waals surface area contributed by atoms with Gasteiger partial charge in [0.25, 0.3) is 0 Å². The molecule has 7 heteroatoms. The molecule has 0 spiro atoms. The van der Waals surface area contributed by atoms with Crippen LogP contribution < -0.4 is 10.1 Å². The number of halogens is 1. The number of amides is 1. The van der Waals surface area contributed by atoms with Gasteiger partial charge in [-0.1, -0.05) is 12.1 Å². The molecule has 0 radical (unpaired) electrons. The first-order valence-electron chi connectivity index (χ1n) is 8.35. The van der Waals surface area contributed by atoms with E-state index in [1.165, 1.54) is 23.9 Å². The minimum absolute atomic E-state index is 0.139. The Kier molecular flexibility index (Phi) is 6.13. The molecule has 3 rings (SSSR count). The van der Waals surface area contributed by atoms with E-state index in [1.807, 2.05) is 42.1 Å². The molecular weight excluding hydrogens is 365 g/mol. The molecule has 0 bridgehead atoms. The van der Waals surface area contributed by atoms with Crippen molar-refractivity contribution in [1.29, 1.82) is 0 Å². The fourth-order valence-electron chi connectivity index (χ4n) is 2.66. The van der Waals surface area contributed by atoms with Crippen LogP contribution in [0.1, 0.15) is 17.4 Å². The standard InChI is InChI=1S/C20H20FN3O2S/c1-24-11-10-22-20(24)19(14-4-3-5-16(12-14)26-2)23-18(25)13-27-17-8-6-15(21)7-9-17/h3-12,19H,13H2,1-2H3,(H,23,25). The number of thioether (sulfide) groups is 1. The number of carbonyl (C=O) groups excluding carboxylic acids is 1. The van der Waals surface area contributed by atoms with Gasteiger partial charge in [0.1, 0.15) is 23.4 Å². The van der Waals surface area contributed by atoms with Crippen molar-refractivity contribution in [3.05, 3.63) is 78.1 Å². The van der Waals surface area contributed by atoms with Crippen molar-refractivity contribution in [3.63, 3.8) is 0 Å². The van der Waals surface area contributed by atoms with Crippen LogP contribution in [0.25, 0.3) is 0 Å². The van der Waals surface area contributed by atoms with Crippen LogP contribution >= 0.6 is 11.8 Å². The highest BCUT2D eigenvalue weighted by Crippen LogP contribution is 2.25. The topological polar surface area (TPSA) is 56.1 Å². The van der Waals surface area contributed by atoms with E-state index in [1.54, 1.807) is 25.4 Å². The van der Waals surface area contributed by atoms with Gasteiger partial charge in [0.05, 0.1) is 12.9 Å². The molecule has 3 aromatic rings. The molecule has 1 N–H and O–H groups in total. The van der Waals surface area contributed by atoms with Gasteiger partial charge in [0.15, 0.2) is 0 Å². The molecule has 0 saturated carbocycles. The van der Waals surface area contributed by atoms with Crippen LogP contribution in [-0.2, 0) is 11.8 Å². The summed E-state index contributed by atoms with van der Waals surface area (Å²) < 4.78 is 20.2. The maximum absolute atomic E-state index is 13.0. The zero-order valence-electron chi connectivity index (χ0n) is 15.1. The zero-order valence-corrected chi connectivity index (χ0v) is 15.9. The maximum atomic E-state index is 13.0. The lowest BCUT2D eigenvalue weighted by molar-refractivity contribution is -0.119. The molecule has 1 aromatic heterocycles. The van der Waals surface area contributed by atoms with E-state index in [4.69, 9.17) is 4.74 Å². The van der Waals surface area contributed by atoms with Gasteiger partial charge in [-0.25, -0.2) is 9.37 Å². The first-order chi connectivity index (χ1) is 13.1. The first kappa shape index (κ1) is 19.0. The molecule has 0 fully saturated rings. The maximum Gasteiger partial charge on any atom is 0.231 e. The average molecular weight is 385 g/mol. The SMILES string of the molecule is COc1cccc(C(NC(=O)CSc2ccc(F)cc2)c2nccn2C)c1. The number of nitrogens with one attached hydrogen (secondary N) is 1. The van der Waals surface area contributed by atoms with Crippen LogP contribution in [0, 0.1) is 5.82 Å². The molecule has 1 unspecified atom stereocenters. The third kappa shape index (κ3) is 4.89. The lowest BCUT2D eigenvalue weighted by Gasteiger charge is -2.19. The summed E-state index contributed by atoms with van der Waals surface area (Å²) in [5, 5.41) is 3.04. The lowest BCUT2D eigenvalue weighted by Crippen LogP contribution is -2.32. The number of benzene rings is 2. The van der Waals surface area contributed by atoms with Crippen LogP contribution in [0.3, 0.4) is 0 Å². The molecule has 140 valence electrons. The Labute approximate surface area is 161 Å². The molecule has 27 heavy (non-hydrogen) atoms. The van der Waals surface area contributed by atoms with Gasteiger partial charge in [0, 0.05) is 24.3 Å². The van der Waals surface area contributed by atoms with Crippen LogP contribution in [0.2, 0.25) is 0 Å². The number of nitrogens with zero attached hydrogens (tertiary/aromatic N) is 2. The second-order valence-electron chi connectivity index (χ2n) is 5.92. The van der Waals surface area contributed by atoms with Crippen molar-refractivity contribution >= 4 is 17.7 Å². The summed E-state index contributed by atoms with van der Waals surface area (Å²) in [6.07, 6.45) is 3.53. The van der Waals surface area contributed by atoms with Gasteiger partial charge < -0.3 is 14.6 Å². The van der Waals surface area contributed by atoms with Gasteiger partial charge >= 0.3 is 0 Å². The number of imidazole rings is 1. The summed E-state index contributed by atoms with van der Waals surface area (Å²) in [5.41, 5.74) is 0.879. The van der Waals surface area contributed by atoms with E-state index in [-0.39, 0.29) is 17.5 Å². The van der Waals surface area contributed by atoms with E-state index in [9.17, 15) is 9.18 Å². The number of carbonyl (C=O) groups is 1. The summed E-state index contributed by atoms with van der Waals surface area (Å²) in [5.74, 6) is 1.22. The number of ether oxygens (including phenoxy) is 1. The zero-order chi connectivity index (χ0) is 19.2. The van der Waals surface area contributed by atoms with Crippen molar-refractivity contribution in [1.82, 2.24) is 14.9 Å². The van der Waals surface area contributed by atoms with E-state index in [2.05, 4.69) is 10.3 Å². The monoisotopic (exact) mass is 385 g/mol. The number of hydrogen-bond acceptors (Lipinski definition) is 4. The summed E-state index contributed by atoms with van der Waals surface area (Å²) in [7, 11) is 3.49. The van der Waals surface area contributed by atoms with Gasteiger partial charge in [0.2, 0.25) is 5.91 Å². The lowest BCUT2D eigenvalue weighted by atomic mass is 10.1. The van der Waals surface area contributed by atoms with E-state index in [0.717, 1.165) is 16.3 Å². The Hall–Kier alpha value is -2.80. The largest absolute Gasteiger partial charge is 0.497 e. The normalized spacial score (nSPS) is 11.8. The summed E-state index contributed by atoms with van der Waals surface area (Å²) >= 11 is 1.35. The van der Waals surface area contributed by atoms with E-state index in [0.29, 0.717) is 5.75 Å². The molecule has 2 aromatic carbocycles. The van der Waals surface area contributed by atoms with Crippen molar-refractivity contribution in [2.75, 3.05) is 12.9 Å². The highest BCUT2D eigenvalue weighted by atomic mass is 32.2. The fraction of sp³-hybridized carbons (Fsp3) is 0.200. The third-order valence-corrected chi connectivity index (χ3v) is 5.04. The molecule has 1 amide bonds. The highest BCUT2D eigenvalue weighted by Gasteiger charge is 2.21. The van der Waals surface area contributed by atoms with E-state index < -0.39 is 6.04 Å². The van der Waals surface area contributed by atoms with Gasteiger partial charge in [-0.3, -0.25) is 4.79 Å². The van der Waals surface area contributed by atoms with E-state index >= 15 is 0 Å². The molecular formula is C20H20FN3O2S. The number of aromatic nitrogens is 2. The Morgan fingerprint density at radius 1 is 1.30 bits per heavy atom. The van der Waals surface area contributed by atoms with Crippen LogP contribution in [0.4, 0.5) is 4.39 Å². The molecule has 0 aliphatic carbocycles. The highest BCUT2D eigenvalue weighted by molar-refractivity contribution is 8.00. The minimum Gasteiger partial charge on any atom is -0.497 e. The summed E-state index contributed by atoms with van der Waals surface area (Å²) in [6.45, 7) is 0. The van der Waals surface area contributed by atoms with Crippen LogP contribution in [0.5, 0.6) is 5.75 Å². The Bertz CT molecular complexity index is 912. The quantitative estimate of drug-likeness (QED) is 0.632. The molecule has 0 aliphatic heterocycles. The van der Waals surface area contributed by atoms with Gasteiger partial charge in [-0.15, -0.1) is 11.8 Å². The predicted octanol–water partition coefficient (Wildman–Crippen LogP) is 3.57. The van der Waals surface area contributed by atoms with Gasteiger partial charge in [-0.2, -0.15) is 0 Å². The molecule has 0 saturated heterocycles. The second kappa shape index (κ2) is 8.73. The molecule has 0 aliphatic rings. The van der Waals surface area contributed by atoms with Crippen molar-refractivity contribution in [3.8, 4) is 5.75 Å². The number of hydrogen-bond donors (Lipinski definition) is 1. The molecule has 1 heterocycles. The van der Waals surface area contributed by atoms with Crippen molar-refractivity contribution in [2.24, 2.45) is 7.05 Å². The first-order valence-corrected chi connectivity index (χ1v) is 9.34. The summed E-state index contributed by atoms with van der Waals surface area (Å²) in [4.78, 5) is 17.8. The molecule has 5 nitrogen and oxygen atoms in total. The second-order valence-corrected chi connectivity index (χ2v) is 6.96.